The van der Waals surface area contributed by atoms with Crippen LogP contribution in [0, 0.1) is 0 Å². The Kier molecular flexibility index (Phi) is 10.5. The summed E-state index contributed by atoms with van der Waals surface area (Å²) in [6, 6.07) is 25.3. The van der Waals surface area contributed by atoms with Gasteiger partial charge in [-0.15, -0.1) is 0 Å². The Morgan fingerprint density at radius 3 is 2.03 bits per heavy atom. The molecule has 3 rings (SSSR count). The van der Waals surface area contributed by atoms with Crippen molar-refractivity contribution in [3.8, 4) is 5.75 Å². The fraction of sp³-hybridized carbons (Fsp3) is 0.296. The predicted octanol–water partition coefficient (Wildman–Crippen LogP) is 3.86. The van der Waals surface area contributed by atoms with E-state index in [9.17, 15) is 4.79 Å². The topological polar surface area (TPSA) is 44.8 Å². The number of rotatable bonds is 12. The Morgan fingerprint density at radius 1 is 0.909 bits per heavy atom. The van der Waals surface area contributed by atoms with Crippen LogP contribution in [0.25, 0.3) is 0 Å². The molecule has 4 nitrogen and oxygen atoms in total. The molecule has 0 fully saturated rings. The summed E-state index contributed by atoms with van der Waals surface area (Å²) in [6.45, 7) is 2.27. The minimum absolute atomic E-state index is 0.0823. The van der Waals surface area contributed by atoms with Gasteiger partial charge in [-0.25, -0.2) is 0 Å². The monoisotopic (exact) mass is 578 g/mol. The number of ether oxygens (including phenoxy) is 3. The molecule has 0 atom stereocenters. The van der Waals surface area contributed by atoms with Gasteiger partial charge in [-0.2, -0.15) is 0 Å². The number of unbranched alkanes of at least 4 members (excludes halogenated alkanes) is 1. The molecule has 33 heavy (non-hydrogen) atoms. The molecule has 0 heterocycles. The van der Waals surface area contributed by atoms with Crippen LogP contribution in [0.15, 0.2) is 72.8 Å². The van der Waals surface area contributed by atoms with Gasteiger partial charge in [-0.05, 0) is 0 Å². The van der Waals surface area contributed by atoms with Gasteiger partial charge in [-0.3, -0.25) is 0 Å². The van der Waals surface area contributed by atoms with E-state index in [-0.39, 0.29) is 46.4 Å². The van der Waals surface area contributed by atoms with Gasteiger partial charge in [0.15, 0.2) is 0 Å². The fourth-order valence-electron chi connectivity index (χ4n) is 3.36. The molecule has 0 bridgehead atoms. The predicted molar refractivity (Wildman–Crippen MR) is 135 cm³/mol. The number of hydrogen-bond donors (Lipinski definition) is 0. The molecule has 0 N–H and O–H groups in total. The molecule has 174 valence electrons. The number of benzene rings is 3. The van der Waals surface area contributed by atoms with E-state index in [1.54, 1.807) is 7.11 Å². The van der Waals surface area contributed by atoms with Crippen LogP contribution < -0.4 is 13.7 Å². The Labute approximate surface area is 209 Å². The van der Waals surface area contributed by atoms with Crippen molar-refractivity contribution in [2.45, 2.75) is 29.9 Å². The van der Waals surface area contributed by atoms with Crippen LogP contribution in [0.2, 0.25) is 0 Å². The van der Waals surface area contributed by atoms with Crippen LogP contribution in [0.1, 0.15) is 45.0 Å². The van der Waals surface area contributed by atoms with E-state index in [0.29, 0.717) is 11.3 Å². The van der Waals surface area contributed by atoms with E-state index in [4.69, 9.17) is 14.2 Å². The molecule has 0 aromatic heterocycles. The molecule has 0 aliphatic rings. The SMILES string of the molecule is CCCCc1cc(OCOC)c(C(=O)OC)c(C([Se]c2ccccc2)[Se]c2ccccc2)c1. The molecule has 3 aromatic rings. The van der Waals surface area contributed by atoms with Crippen molar-refractivity contribution in [2.75, 3.05) is 21.0 Å². The van der Waals surface area contributed by atoms with Crippen molar-refractivity contribution in [3.63, 3.8) is 0 Å². The second-order valence-corrected chi connectivity index (χ2v) is 13.9. The van der Waals surface area contributed by atoms with Gasteiger partial charge in [0, 0.05) is 0 Å². The first kappa shape index (κ1) is 25.6. The van der Waals surface area contributed by atoms with Crippen molar-refractivity contribution in [3.05, 3.63) is 89.5 Å². The summed E-state index contributed by atoms with van der Waals surface area (Å²) in [5.74, 6) is 0.181. The van der Waals surface area contributed by atoms with E-state index in [0.717, 1.165) is 24.8 Å². The van der Waals surface area contributed by atoms with Gasteiger partial charge in [0.2, 0.25) is 0 Å². The third-order valence-corrected chi connectivity index (χ3v) is 11.3. The Morgan fingerprint density at radius 2 is 1.52 bits per heavy atom. The molecule has 0 aliphatic carbocycles. The number of hydrogen-bond acceptors (Lipinski definition) is 4. The number of aryl methyl sites for hydroxylation is 1. The molecule has 0 saturated heterocycles. The van der Waals surface area contributed by atoms with Crippen molar-refractivity contribution in [1.29, 1.82) is 0 Å². The van der Waals surface area contributed by atoms with Gasteiger partial charge >= 0.3 is 210 Å². The molecule has 3 aromatic carbocycles. The van der Waals surface area contributed by atoms with Gasteiger partial charge < -0.3 is 0 Å². The number of esters is 1. The molecule has 0 radical (unpaired) electrons. The van der Waals surface area contributed by atoms with E-state index in [2.05, 4.69) is 61.5 Å². The van der Waals surface area contributed by atoms with Crippen LogP contribution in [0.3, 0.4) is 0 Å². The summed E-state index contributed by atoms with van der Waals surface area (Å²) in [5, 5.41) is 0. The van der Waals surface area contributed by atoms with Gasteiger partial charge in [-0.1, -0.05) is 0 Å². The summed E-state index contributed by atoms with van der Waals surface area (Å²) < 4.78 is 19.1. The Hall–Kier alpha value is -2.07. The summed E-state index contributed by atoms with van der Waals surface area (Å²) in [4.78, 5) is 13.0. The zero-order chi connectivity index (χ0) is 23.5. The normalized spacial score (nSPS) is 10.9. The third kappa shape index (κ3) is 7.46. The van der Waals surface area contributed by atoms with Crippen molar-refractivity contribution < 1.29 is 19.0 Å². The van der Waals surface area contributed by atoms with E-state index >= 15 is 0 Å². The van der Waals surface area contributed by atoms with Crippen molar-refractivity contribution >= 4 is 44.8 Å². The first-order valence-electron chi connectivity index (χ1n) is 11.0. The van der Waals surface area contributed by atoms with Crippen LogP contribution >= 0.6 is 0 Å². The summed E-state index contributed by atoms with van der Waals surface area (Å²) in [7, 11) is 3.01. The Bertz CT molecular complexity index is 968. The maximum absolute atomic E-state index is 13.0. The van der Waals surface area contributed by atoms with Crippen molar-refractivity contribution in [1.82, 2.24) is 0 Å². The van der Waals surface area contributed by atoms with Crippen LogP contribution in [-0.2, 0) is 15.9 Å². The van der Waals surface area contributed by atoms with Crippen LogP contribution in [-0.4, -0.2) is 56.9 Å². The maximum atomic E-state index is 13.0. The third-order valence-electron chi connectivity index (χ3n) is 4.96. The minimum atomic E-state index is -0.365. The zero-order valence-corrected chi connectivity index (χ0v) is 22.7. The first-order valence-corrected chi connectivity index (χ1v) is 14.7. The molecule has 0 spiro atoms. The van der Waals surface area contributed by atoms with Crippen LogP contribution in [0.5, 0.6) is 5.75 Å². The van der Waals surface area contributed by atoms with Crippen LogP contribution in [0.4, 0.5) is 0 Å². The average Bonchev–Trinajstić information content (AvgIpc) is 2.86. The summed E-state index contributed by atoms with van der Waals surface area (Å²) in [5.41, 5.74) is 2.73. The van der Waals surface area contributed by atoms with E-state index < -0.39 is 0 Å². The van der Waals surface area contributed by atoms with Gasteiger partial charge in [0.25, 0.3) is 0 Å². The standard InChI is InChI=1S/C27H30O4Se2/c1-4-5-12-20-17-23(25(26(28)30-3)24(18-20)31-19-29-2)27(32-21-13-8-6-9-14-21)33-22-15-10-7-11-16-22/h6-11,13-18,27H,4-5,12,19H2,1-3H3. The molecule has 0 aliphatic heterocycles. The fourth-order valence-corrected chi connectivity index (χ4v) is 10.1. The van der Waals surface area contributed by atoms with Gasteiger partial charge in [0.05, 0.1) is 0 Å². The van der Waals surface area contributed by atoms with Gasteiger partial charge in [0.1, 0.15) is 0 Å². The molecule has 0 saturated carbocycles. The number of carbonyl (C=O) groups excluding carboxylic acids is 1. The second-order valence-electron chi connectivity index (χ2n) is 7.40. The number of methoxy groups -OCH3 is 2. The molecular formula is C27H30O4Se2. The second kappa shape index (κ2) is 13.6. The molecular weight excluding hydrogens is 546 g/mol. The first-order chi connectivity index (χ1) is 16.2. The molecule has 6 heteroatoms. The quantitative estimate of drug-likeness (QED) is 0.187. The summed E-state index contributed by atoms with van der Waals surface area (Å²) in [6.07, 6.45) is 3.13. The summed E-state index contributed by atoms with van der Waals surface area (Å²) >= 11 is 0.254. The zero-order valence-electron chi connectivity index (χ0n) is 19.3. The average molecular weight is 576 g/mol. The number of carbonyl (C=O) groups is 1. The molecule has 0 unspecified atom stereocenters. The van der Waals surface area contributed by atoms with Crippen molar-refractivity contribution in [2.24, 2.45) is 0 Å². The Balaban J connectivity index is 2.14. The molecule has 0 amide bonds. The van der Waals surface area contributed by atoms with E-state index in [1.165, 1.54) is 21.6 Å². The van der Waals surface area contributed by atoms with E-state index in [1.807, 2.05) is 18.2 Å².